The Morgan fingerprint density at radius 3 is 2.00 bits per heavy atom. The summed E-state index contributed by atoms with van der Waals surface area (Å²) in [7, 11) is -0.0356. The lowest BCUT2D eigenvalue weighted by Gasteiger charge is -2.14. The molecule has 23 heavy (non-hydrogen) atoms. The van der Waals surface area contributed by atoms with Gasteiger partial charge in [0.15, 0.2) is 4.90 Å². The average Bonchev–Trinajstić information content (AvgIpc) is 2.43. The Balaban J connectivity index is 0.000000688. The zero-order chi connectivity index (χ0) is 18.4. The highest BCUT2D eigenvalue weighted by Crippen LogP contribution is 2.27. The van der Waals surface area contributed by atoms with Gasteiger partial charge in [-0.25, -0.2) is 13.2 Å². The molecule has 0 saturated carbocycles. The Bertz CT molecular complexity index is 641. The minimum atomic E-state index is -4.41. The van der Waals surface area contributed by atoms with E-state index in [9.17, 15) is 17.8 Å². The zero-order valence-corrected chi connectivity index (χ0v) is 16.0. The largest absolute Gasteiger partial charge is 0.726 e. The maximum atomic E-state index is 11.5. The van der Waals surface area contributed by atoms with Gasteiger partial charge in [-0.05, 0) is 31.5 Å². The van der Waals surface area contributed by atoms with Crippen LogP contribution in [0.5, 0.6) is 5.75 Å². The number of carbonyl (C=O) groups is 1. The maximum absolute atomic E-state index is 11.5. The number of nitrogens with zero attached hydrogens (tertiary/aromatic N) is 1. The van der Waals surface area contributed by atoms with E-state index < -0.39 is 10.4 Å². The third-order valence-electron chi connectivity index (χ3n) is 2.89. The van der Waals surface area contributed by atoms with E-state index in [2.05, 4.69) is 23.6 Å². The minimum Gasteiger partial charge on any atom is -0.726 e. The summed E-state index contributed by atoms with van der Waals surface area (Å²) in [6.07, 6.45) is 4.04. The molecule has 0 aliphatic rings. The van der Waals surface area contributed by atoms with E-state index in [4.69, 9.17) is 4.74 Å². The highest BCUT2D eigenvalue weighted by Gasteiger charge is 2.18. The summed E-state index contributed by atoms with van der Waals surface area (Å²) in [6, 6.07) is 3.93. The SMILES string of the molecule is COS(=O)(=O)[O-].Cc1c(OC(=O)N(C)C)ccc([S+](C)C)c1C. The predicted octanol–water partition coefficient (Wildman–Crippen LogP) is 1.69. The van der Waals surface area contributed by atoms with Crippen molar-refractivity contribution in [2.45, 2.75) is 18.7 Å². The number of carbonyl (C=O) groups excluding carboxylic acids is 1. The highest BCUT2D eigenvalue weighted by molar-refractivity contribution is 7.95. The van der Waals surface area contributed by atoms with Gasteiger partial charge in [-0.2, -0.15) is 0 Å². The molecule has 1 aromatic carbocycles. The van der Waals surface area contributed by atoms with Crippen molar-refractivity contribution in [3.63, 3.8) is 0 Å². The van der Waals surface area contributed by atoms with E-state index >= 15 is 0 Å². The highest BCUT2D eigenvalue weighted by atomic mass is 32.3. The zero-order valence-electron chi connectivity index (χ0n) is 14.4. The van der Waals surface area contributed by atoms with Crippen LogP contribution in [-0.4, -0.2) is 57.7 Å². The molecule has 1 aromatic rings. The van der Waals surface area contributed by atoms with E-state index in [1.807, 2.05) is 19.1 Å². The molecule has 0 aromatic heterocycles. The van der Waals surface area contributed by atoms with E-state index in [0.29, 0.717) is 5.75 Å². The van der Waals surface area contributed by atoms with Gasteiger partial charge >= 0.3 is 6.09 Å². The first-order valence-electron chi connectivity index (χ1n) is 6.49. The van der Waals surface area contributed by atoms with Gasteiger partial charge in [-0.3, -0.25) is 4.18 Å². The van der Waals surface area contributed by atoms with Crippen molar-refractivity contribution in [2.75, 3.05) is 33.7 Å². The Labute approximate surface area is 140 Å². The van der Waals surface area contributed by atoms with Crippen LogP contribution in [0.4, 0.5) is 4.79 Å². The molecule has 0 radical (unpaired) electrons. The molecule has 0 N–H and O–H groups in total. The average molecular weight is 365 g/mol. The Kier molecular flexibility index (Phi) is 8.60. The normalized spacial score (nSPS) is 10.8. The van der Waals surface area contributed by atoms with Crippen LogP contribution in [0, 0.1) is 13.8 Å². The second-order valence-electron chi connectivity index (χ2n) is 4.97. The Morgan fingerprint density at radius 2 is 1.65 bits per heavy atom. The minimum absolute atomic E-state index is 0.219. The first kappa shape index (κ1) is 21.7. The van der Waals surface area contributed by atoms with Gasteiger partial charge in [0.1, 0.15) is 18.3 Å². The number of hydrogen-bond acceptors (Lipinski definition) is 6. The number of ether oxygens (including phenoxy) is 1. The summed E-state index contributed by atoms with van der Waals surface area (Å²) in [5.41, 5.74) is 2.25. The van der Waals surface area contributed by atoms with E-state index in [1.54, 1.807) is 14.1 Å². The molecule has 7 nitrogen and oxygen atoms in total. The predicted molar refractivity (Wildman–Crippen MR) is 89.8 cm³/mol. The number of rotatable bonds is 3. The molecule has 0 aliphatic heterocycles. The molecule has 1 rings (SSSR count). The van der Waals surface area contributed by atoms with Gasteiger partial charge < -0.3 is 14.2 Å². The number of hydrogen-bond donors (Lipinski definition) is 0. The fourth-order valence-corrected chi connectivity index (χ4v) is 2.61. The Morgan fingerprint density at radius 1 is 1.17 bits per heavy atom. The van der Waals surface area contributed by atoms with Crippen molar-refractivity contribution in [2.24, 2.45) is 0 Å². The lowest BCUT2D eigenvalue weighted by atomic mass is 10.1. The van der Waals surface area contributed by atoms with E-state index in [-0.39, 0.29) is 17.0 Å². The monoisotopic (exact) mass is 365 g/mol. The third-order valence-corrected chi connectivity index (χ3v) is 4.62. The molecule has 9 heteroatoms. The van der Waals surface area contributed by atoms with Crippen molar-refractivity contribution in [3.8, 4) is 5.75 Å². The molecule has 132 valence electrons. The van der Waals surface area contributed by atoms with Crippen molar-refractivity contribution in [1.29, 1.82) is 0 Å². The number of amides is 1. The number of benzene rings is 1. The second kappa shape index (κ2) is 9.11. The maximum Gasteiger partial charge on any atom is 0.414 e. The van der Waals surface area contributed by atoms with Crippen LogP contribution in [-0.2, 0) is 25.5 Å². The van der Waals surface area contributed by atoms with Crippen LogP contribution in [0.2, 0.25) is 0 Å². The van der Waals surface area contributed by atoms with Gasteiger partial charge in [0.2, 0.25) is 10.4 Å². The standard InChI is InChI=1S/C13H20NO2S.CH4O4S/c1-9-10(2)12(17(5)6)8-7-11(9)16-13(15)14(3)4;1-5-6(2,3)4/h7-8H,1-6H3;1H3,(H,2,3,4)/q+1;/p-1. The summed E-state index contributed by atoms with van der Waals surface area (Å²) in [5.74, 6) is 0.649. The van der Waals surface area contributed by atoms with Crippen LogP contribution < -0.4 is 4.74 Å². The fraction of sp³-hybridized carbons (Fsp3) is 0.500. The molecule has 0 spiro atoms. The summed E-state index contributed by atoms with van der Waals surface area (Å²) in [6.45, 7) is 4.06. The summed E-state index contributed by atoms with van der Waals surface area (Å²) < 4.78 is 36.3. The molecule has 0 bridgehead atoms. The quantitative estimate of drug-likeness (QED) is 0.459. The van der Waals surface area contributed by atoms with Gasteiger partial charge in [-0.15, -0.1) is 0 Å². The smallest absolute Gasteiger partial charge is 0.414 e. The lowest BCUT2D eigenvalue weighted by Crippen LogP contribution is -2.25. The molecule has 0 aliphatic carbocycles. The summed E-state index contributed by atoms with van der Waals surface area (Å²) in [5, 5.41) is 0. The van der Waals surface area contributed by atoms with Crippen LogP contribution >= 0.6 is 0 Å². The Hall–Kier alpha value is -1.29. The lowest BCUT2D eigenvalue weighted by molar-refractivity contribution is 0.171. The third kappa shape index (κ3) is 7.69. The van der Waals surface area contributed by atoms with Crippen molar-refractivity contribution >= 4 is 27.4 Å². The molecule has 0 saturated heterocycles. The van der Waals surface area contributed by atoms with Crippen molar-refractivity contribution in [3.05, 3.63) is 23.3 Å². The summed E-state index contributed by atoms with van der Waals surface area (Å²) in [4.78, 5) is 14.2. The van der Waals surface area contributed by atoms with Crippen LogP contribution in [0.25, 0.3) is 0 Å². The van der Waals surface area contributed by atoms with Gasteiger partial charge in [0, 0.05) is 30.6 Å². The second-order valence-corrected chi connectivity index (χ2v) is 8.19. The van der Waals surface area contributed by atoms with Crippen molar-refractivity contribution in [1.82, 2.24) is 4.90 Å². The fourth-order valence-electron chi connectivity index (χ4n) is 1.51. The van der Waals surface area contributed by atoms with Crippen molar-refractivity contribution < 1.29 is 26.7 Å². The summed E-state index contributed by atoms with van der Waals surface area (Å²) >= 11 is 0. The molecular weight excluding hydrogens is 342 g/mol. The van der Waals surface area contributed by atoms with Gasteiger partial charge in [-0.1, -0.05) is 0 Å². The van der Waals surface area contributed by atoms with E-state index in [1.165, 1.54) is 15.4 Å². The van der Waals surface area contributed by atoms with Gasteiger partial charge in [0.25, 0.3) is 0 Å². The van der Waals surface area contributed by atoms with E-state index in [0.717, 1.165) is 12.7 Å². The first-order chi connectivity index (χ1) is 10.4. The first-order valence-corrected chi connectivity index (χ1v) is 9.86. The van der Waals surface area contributed by atoms with Crippen LogP contribution in [0.3, 0.4) is 0 Å². The molecule has 0 atom stereocenters. The van der Waals surface area contributed by atoms with Crippen LogP contribution in [0.1, 0.15) is 11.1 Å². The van der Waals surface area contributed by atoms with Gasteiger partial charge in [0.05, 0.1) is 7.11 Å². The molecule has 0 fully saturated rings. The molecule has 0 unspecified atom stereocenters. The topological polar surface area (TPSA) is 96.0 Å². The van der Waals surface area contributed by atoms with Crippen LogP contribution in [0.15, 0.2) is 17.0 Å². The molecule has 0 heterocycles. The molecule has 1 amide bonds. The molecular formula is C14H23NO6S2.